The van der Waals surface area contributed by atoms with Gasteiger partial charge in [-0.05, 0) is 54.6 Å². The second-order valence-electron chi connectivity index (χ2n) is 7.07. The number of hydrogen-bond acceptors (Lipinski definition) is 6. The first-order chi connectivity index (χ1) is 17.0. The zero-order valence-electron chi connectivity index (χ0n) is 18.3. The molecule has 1 amide bonds. The van der Waals surface area contributed by atoms with Crippen molar-refractivity contribution in [3.05, 3.63) is 87.4 Å². The quantitative estimate of drug-likeness (QED) is 0.163. The highest BCUT2D eigenvalue weighted by atomic mass is 35.5. The van der Waals surface area contributed by atoms with E-state index in [4.69, 9.17) is 39.5 Å². The molecule has 35 heavy (non-hydrogen) atoms. The van der Waals surface area contributed by atoms with Gasteiger partial charge in [0.2, 0.25) is 0 Å². The first kappa shape index (κ1) is 25.1. The van der Waals surface area contributed by atoms with Gasteiger partial charge in [0, 0.05) is 21.8 Å². The van der Waals surface area contributed by atoms with E-state index in [9.17, 15) is 4.79 Å². The Kier molecular flexibility index (Phi) is 8.30. The Morgan fingerprint density at radius 2 is 1.80 bits per heavy atom. The van der Waals surface area contributed by atoms with Gasteiger partial charge in [0.1, 0.15) is 5.75 Å². The average Bonchev–Trinajstić information content (AvgIpc) is 3.30. The number of amides is 1. The molecule has 0 aliphatic carbocycles. The van der Waals surface area contributed by atoms with Gasteiger partial charge in [0.15, 0.2) is 11.0 Å². The summed E-state index contributed by atoms with van der Waals surface area (Å²) < 4.78 is 7.11. The third kappa shape index (κ3) is 6.15. The Hall–Kier alpha value is -3.04. The van der Waals surface area contributed by atoms with E-state index in [-0.39, 0.29) is 11.7 Å². The van der Waals surface area contributed by atoms with Crippen LogP contribution in [0.15, 0.2) is 77.0 Å². The fourth-order valence-electron chi connectivity index (χ4n) is 3.07. The average molecular weight is 547 g/mol. The summed E-state index contributed by atoms with van der Waals surface area (Å²) in [7, 11) is 1.61. The normalized spacial score (nSPS) is 11.1. The fourth-order valence-corrected chi connectivity index (χ4v) is 4.30. The van der Waals surface area contributed by atoms with Gasteiger partial charge in [0.25, 0.3) is 5.91 Å². The second kappa shape index (κ2) is 11.6. The Morgan fingerprint density at radius 3 is 2.51 bits per heavy atom. The number of rotatable bonds is 8. The maximum atomic E-state index is 12.4. The number of ether oxygens (including phenoxy) is 1. The predicted octanol–water partition coefficient (Wildman–Crippen LogP) is 6.15. The number of nitrogens with one attached hydrogen (secondary N) is 1. The van der Waals surface area contributed by atoms with E-state index in [1.807, 2.05) is 41.0 Å². The van der Waals surface area contributed by atoms with Crippen LogP contribution in [0.4, 0.5) is 0 Å². The molecule has 0 spiro atoms. The van der Waals surface area contributed by atoms with Crippen molar-refractivity contribution in [3.8, 4) is 22.8 Å². The van der Waals surface area contributed by atoms with Crippen LogP contribution in [-0.4, -0.2) is 39.7 Å². The predicted molar refractivity (Wildman–Crippen MR) is 141 cm³/mol. The van der Waals surface area contributed by atoms with Crippen LogP contribution in [0.3, 0.4) is 0 Å². The summed E-state index contributed by atoms with van der Waals surface area (Å²) in [5, 5.41) is 14.6. The van der Waals surface area contributed by atoms with Gasteiger partial charge in [0.05, 0.1) is 29.1 Å². The number of benzene rings is 3. The van der Waals surface area contributed by atoms with Crippen LogP contribution in [0.2, 0.25) is 15.1 Å². The van der Waals surface area contributed by atoms with E-state index in [1.54, 1.807) is 37.4 Å². The molecule has 1 N–H and O–H groups in total. The lowest BCUT2D eigenvalue weighted by molar-refractivity contribution is -0.118. The summed E-state index contributed by atoms with van der Waals surface area (Å²) in [4.78, 5) is 12.4. The van der Waals surface area contributed by atoms with Crippen molar-refractivity contribution in [2.75, 3.05) is 12.9 Å². The molecule has 0 atom stereocenters. The molecular weight excluding hydrogens is 529 g/mol. The number of hydrazone groups is 1. The van der Waals surface area contributed by atoms with E-state index < -0.39 is 0 Å². The van der Waals surface area contributed by atoms with Crippen LogP contribution >= 0.6 is 46.6 Å². The number of carbonyl (C=O) groups excluding carboxylic acids is 1. The molecule has 4 aromatic rings. The lowest BCUT2D eigenvalue weighted by Crippen LogP contribution is -2.20. The smallest absolute Gasteiger partial charge is 0.250 e. The van der Waals surface area contributed by atoms with Gasteiger partial charge in [-0.25, -0.2) is 5.43 Å². The van der Waals surface area contributed by atoms with Crippen LogP contribution in [0.1, 0.15) is 5.56 Å². The molecule has 1 aromatic heterocycles. The molecule has 11 heteroatoms. The van der Waals surface area contributed by atoms with Crippen LogP contribution in [0.25, 0.3) is 17.1 Å². The summed E-state index contributed by atoms with van der Waals surface area (Å²) in [5.41, 5.74) is 4.73. The fraction of sp³-hybridized carbons (Fsp3) is 0.0833. The first-order valence-electron chi connectivity index (χ1n) is 10.2. The van der Waals surface area contributed by atoms with Crippen LogP contribution in [0.5, 0.6) is 5.75 Å². The van der Waals surface area contributed by atoms with E-state index >= 15 is 0 Å². The third-order valence-electron chi connectivity index (χ3n) is 4.77. The minimum Gasteiger partial charge on any atom is -0.497 e. The molecule has 0 aliphatic rings. The highest BCUT2D eigenvalue weighted by molar-refractivity contribution is 7.99. The summed E-state index contributed by atoms with van der Waals surface area (Å²) in [6.07, 6.45) is 1.44. The minimum atomic E-state index is -0.318. The zero-order valence-corrected chi connectivity index (χ0v) is 21.4. The second-order valence-corrected chi connectivity index (χ2v) is 9.24. The summed E-state index contributed by atoms with van der Waals surface area (Å²) in [6, 6.07) is 19.9. The molecule has 0 saturated carbocycles. The molecule has 4 rings (SSSR count). The Balaban J connectivity index is 1.52. The van der Waals surface area contributed by atoms with E-state index in [0.717, 1.165) is 17.0 Å². The molecule has 0 fully saturated rings. The monoisotopic (exact) mass is 545 g/mol. The van der Waals surface area contributed by atoms with Gasteiger partial charge in [-0.1, -0.05) is 58.7 Å². The molecule has 7 nitrogen and oxygen atoms in total. The summed E-state index contributed by atoms with van der Waals surface area (Å²) in [5.74, 6) is 1.10. The Labute approximate surface area is 221 Å². The SMILES string of the molecule is COc1ccc(-c2nnc(SCC(=O)N/N=C/c3cccc(Cl)c3Cl)n2-c2ccc(Cl)cc2)cc1. The molecule has 1 heterocycles. The molecular formula is C24H18Cl3N5O2S. The number of carbonyl (C=O) groups is 1. The maximum Gasteiger partial charge on any atom is 0.250 e. The number of aromatic nitrogens is 3. The maximum absolute atomic E-state index is 12.4. The van der Waals surface area contributed by atoms with Gasteiger partial charge in [-0.15, -0.1) is 10.2 Å². The van der Waals surface area contributed by atoms with Crippen molar-refractivity contribution in [2.24, 2.45) is 5.10 Å². The van der Waals surface area contributed by atoms with Crippen LogP contribution in [-0.2, 0) is 4.79 Å². The lowest BCUT2D eigenvalue weighted by atomic mass is 10.2. The number of methoxy groups -OCH3 is 1. The van der Waals surface area contributed by atoms with E-state index in [0.29, 0.717) is 31.6 Å². The number of thioether (sulfide) groups is 1. The van der Waals surface area contributed by atoms with Crippen LogP contribution < -0.4 is 10.2 Å². The van der Waals surface area contributed by atoms with E-state index in [1.165, 1.54) is 18.0 Å². The van der Waals surface area contributed by atoms with Gasteiger partial charge in [-0.2, -0.15) is 5.10 Å². The topological polar surface area (TPSA) is 81.4 Å². The largest absolute Gasteiger partial charge is 0.497 e. The third-order valence-corrected chi connectivity index (χ3v) is 6.79. The molecule has 178 valence electrons. The summed E-state index contributed by atoms with van der Waals surface area (Å²) in [6.45, 7) is 0. The molecule has 0 bridgehead atoms. The van der Waals surface area contributed by atoms with Crippen molar-refractivity contribution < 1.29 is 9.53 Å². The highest BCUT2D eigenvalue weighted by Gasteiger charge is 2.17. The highest BCUT2D eigenvalue weighted by Crippen LogP contribution is 2.29. The zero-order chi connectivity index (χ0) is 24.8. The number of halogens is 3. The lowest BCUT2D eigenvalue weighted by Gasteiger charge is -2.11. The number of hydrogen-bond donors (Lipinski definition) is 1. The van der Waals surface area contributed by atoms with Crippen molar-refractivity contribution >= 4 is 58.7 Å². The first-order valence-corrected chi connectivity index (χ1v) is 12.3. The van der Waals surface area contributed by atoms with Gasteiger partial charge >= 0.3 is 0 Å². The van der Waals surface area contributed by atoms with Crippen molar-refractivity contribution in [1.82, 2.24) is 20.2 Å². The Morgan fingerprint density at radius 1 is 1.06 bits per heavy atom. The number of nitrogens with zero attached hydrogens (tertiary/aromatic N) is 4. The van der Waals surface area contributed by atoms with Crippen molar-refractivity contribution in [1.29, 1.82) is 0 Å². The molecule has 0 radical (unpaired) electrons. The Bertz CT molecular complexity index is 1360. The minimum absolute atomic E-state index is 0.0644. The van der Waals surface area contributed by atoms with E-state index in [2.05, 4.69) is 20.7 Å². The standard InChI is InChI=1S/C24H18Cl3N5O2S/c1-34-19-11-5-15(6-12-19)23-30-31-24(32(23)18-9-7-17(25)8-10-18)35-14-21(33)29-28-13-16-3-2-4-20(26)22(16)27/h2-13H,14H2,1H3,(H,29,33)/b28-13+. The van der Waals surface area contributed by atoms with Gasteiger partial charge < -0.3 is 4.74 Å². The molecule has 0 aliphatic heterocycles. The van der Waals surface area contributed by atoms with Crippen LogP contribution in [0, 0.1) is 0 Å². The molecule has 3 aromatic carbocycles. The van der Waals surface area contributed by atoms with Crippen molar-refractivity contribution in [2.45, 2.75) is 5.16 Å². The summed E-state index contributed by atoms with van der Waals surface area (Å²) >= 11 is 19.4. The molecule has 0 unspecified atom stereocenters. The molecule has 0 saturated heterocycles. The van der Waals surface area contributed by atoms with Gasteiger partial charge in [-0.3, -0.25) is 9.36 Å². The van der Waals surface area contributed by atoms with Crippen molar-refractivity contribution in [3.63, 3.8) is 0 Å².